The molecule has 1 aromatic carbocycles. The summed E-state index contributed by atoms with van der Waals surface area (Å²) in [7, 11) is 0. The average Bonchev–Trinajstić information content (AvgIpc) is 3.26. The molecule has 4 heteroatoms. The summed E-state index contributed by atoms with van der Waals surface area (Å²) in [6.45, 7) is 9.06. The molecular formula is C22H33N3O. The van der Waals surface area contributed by atoms with Gasteiger partial charge in [0.05, 0.1) is 0 Å². The van der Waals surface area contributed by atoms with E-state index in [0.29, 0.717) is 12.6 Å². The molecular weight excluding hydrogens is 322 g/mol. The van der Waals surface area contributed by atoms with Gasteiger partial charge in [0.2, 0.25) is 0 Å². The van der Waals surface area contributed by atoms with Gasteiger partial charge in [-0.2, -0.15) is 0 Å². The van der Waals surface area contributed by atoms with Crippen LogP contribution in [0.1, 0.15) is 48.9 Å². The molecule has 2 aromatic rings. The van der Waals surface area contributed by atoms with Gasteiger partial charge in [0.1, 0.15) is 0 Å². The predicted octanol–water partition coefficient (Wildman–Crippen LogP) is 3.60. The van der Waals surface area contributed by atoms with Gasteiger partial charge >= 0.3 is 0 Å². The highest BCUT2D eigenvalue weighted by molar-refractivity contribution is 5.86. The van der Waals surface area contributed by atoms with E-state index >= 15 is 0 Å². The summed E-state index contributed by atoms with van der Waals surface area (Å²) in [5.74, 6) is 0. The number of benzene rings is 1. The van der Waals surface area contributed by atoms with E-state index in [-0.39, 0.29) is 0 Å². The van der Waals surface area contributed by atoms with E-state index in [1.54, 1.807) is 0 Å². The number of aromatic nitrogens is 1. The lowest BCUT2D eigenvalue weighted by molar-refractivity contribution is 0.0263. The zero-order chi connectivity index (χ0) is 18.1. The Morgan fingerprint density at radius 1 is 1.15 bits per heavy atom. The maximum Gasteiger partial charge on any atom is 0.0488 e. The lowest BCUT2D eigenvalue weighted by Crippen LogP contribution is -2.56. The van der Waals surface area contributed by atoms with Crippen molar-refractivity contribution in [1.29, 1.82) is 0 Å². The van der Waals surface area contributed by atoms with Gasteiger partial charge in [-0.3, -0.25) is 9.80 Å². The molecule has 0 bridgehead atoms. The summed E-state index contributed by atoms with van der Waals surface area (Å²) in [6, 6.07) is 7.82. The molecule has 1 aliphatic heterocycles. The Morgan fingerprint density at radius 3 is 2.69 bits per heavy atom. The van der Waals surface area contributed by atoms with Gasteiger partial charge in [-0.1, -0.05) is 31.0 Å². The van der Waals surface area contributed by atoms with Gasteiger partial charge in [0, 0.05) is 61.5 Å². The van der Waals surface area contributed by atoms with E-state index < -0.39 is 0 Å². The molecule has 0 radical (unpaired) electrons. The van der Waals surface area contributed by atoms with Crippen LogP contribution in [0.25, 0.3) is 10.9 Å². The van der Waals surface area contributed by atoms with Gasteiger partial charge in [-0.05, 0) is 44.2 Å². The van der Waals surface area contributed by atoms with Crippen LogP contribution in [-0.2, 0) is 6.54 Å². The van der Waals surface area contributed by atoms with Gasteiger partial charge in [-0.15, -0.1) is 0 Å². The van der Waals surface area contributed by atoms with E-state index in [4.69, 9.17) is 0 Å². The molecule has 1 unspecified atom stereocenters. The Bertz CT molecular complexity index is 747. The highest BCUT2D eigenvalue weighted by Crippen LogP contribution is 2.29. The number of hydrogen-bond acceptors (Lipinski definition) is 3. The molecule has 26 heavy (non-hydrogen) atoms. The Labute approximate surface area is 157 Å². The minimum Gasteiger partial charge on any atom is -0.396 e. The fourth-order valence-corrected chi connectivity index (χ4v) is 5.14. The van der Waals surface area contributed by atoms with Crippen LogP contribution in [-0.4, -0.2) is 58.2 Å². The number of H-pyrrole nitrogens is 1. The summed E-state index contributed by atoms with van der Waals surface area (Å²) in [4.78, 5) is 8.98. The quantitative estimate of drug-likeness (QED) is 0.861. The molecule has 4 nitrogen and oxygen atoms in total. The van der Waals surface area contributed by atoms with Crippen molar-refractivity contribution < 1.29 is 5.11 Å². The van der Waals surface area contributed by atoms with Crippen molar-refractivity contribution in [2.45, 2.75) is 64.6 Å². The summed E-state index contributed by atoms with van der Waals surface area (Å²) in [5, 5.41) is 10.9. The molecule has 2 N–H and O–H groups in total. The molecule has 4 rings (SSSR count). The number of fused-ring (bicyclic) bond motifs is 1. The Kier molecular flexibility index (Phi) is 5.35. The predicted molar refractivity (Wildman–Crippen MR) is 108 cm³/mol. The smallest absolute Gasteiger partial charge is 0.0488 e. The summed E-state index contributed by atoms with van der Waals surface area (Å²) < 4.78 is 0. The molecule has 0 spiro atoms. The van der Waals surface area contributed by atoms with E-state index in [2.05, 4.69) is 46.8 Å². The molecule has 2 aliphatic rings. The van der Waals surface area contributed by atoms with Crippen LogP contribution in [0.3, 0.4) is 0 Å². The topological polar surface area (TPSA) is 42.5 Å². The highest BCUT2D eigenvalue weighted by Gasteiger charge is 2.33. The molecule has 1 aliphatic carbocycles. The van der Waals surface area contributed by atoms with Crippen molar-refractivity contribution in [3.63, 3.8) is 0 Å². The van der Waals surface area contributed by atoms with Crippen LogP contribution in [0.5, 0.6) is 0 Å². The Balaban J connectivity index is 1.49. The molecule has 1 aromatic heterocycles. The van der Waals surface area contributed by atoms with Gasteiger partial charge in [-0.25, -0.2) is 0 Å². The molecule has 2 heterocycles. The number of aliphatic hydroxyl groups excluding tert-OH is 1. The lowest BCUT2D eigenvalue weighted by Gasteiger charge is -2.44. The molecule has 1 saturated heterocycles. The van der Waals surface area contributed by atoms with Crippen molar-refractivity contribution in [2.75, 3.05) is 26.2 Å². The number of para-hydroxylation sites is 1. The summed E-state index contributed by atoms with van der Waals surface area (Å²) in [6.07, 6.45) is 6.36. The first kappa shape index (κ1) is 18.0. The van der Waals surface area contributed by atoms with Crippen molar-refractivity contribution >= 4 is 10.9 Å². The minimum atomic E-state index is 0.298. The fraction of sp³-hybridized carbons (Fsp3) is 0.636. The highest BCUT2D eigenvalue weighted by atomic mass is 16.3. The van der Waals surface area contributed by atoms with Crippen LogP contribution >= 0.6 is 0 Å². The third kappa shape index (κ3) is 3.42. The maximum atomic E-state index is 9.57. The zero-order valence-corrected chi connectivity index (χ0v) is 16.3. The normalized spacial score (nSPS) is 23.3. The largest absolute Gasteiger partial charge is 0.396 e. The third-order valence-corrected chi connectivity index (χ3v) is 6.66. The number of aliphatic hydroxyl groups is 1. The first-order valence-electron chi connectivity index (χ1n) is 10.3. The van der Waals surface area contributed by atoms with Crippen LogP contribution in [0.15, 0.2) is 18.2 Å². The van der Waals surface area contributed by atoms with E-state index in [1.807, 2.05) is 0 Å². The second-order valence-corrected chi connectivity index (χ2v) is 8.30. The van der Waals surface area contributed by atoms with Crippen LogP contribution < -0.4 is 0 Å². The Hall–Kier alpha value is -1.36. The van der Waals surface area contributed by atoms with Crippen LogP contribution in [0.2, 0.25) is 0 Å². The first-order chi connectivity index (χ1) is 12.7. The van der Waals surface area contributed by atoms with E-state index in [0.717, 1.165) is 38.6 Å². The number of rotatable bonds is 5. The van der Waals surface area contributed by atoms with Gasteiger partial charge < -0.3 is 10.1 Å². The monoisotopic (exact) mass is 355 g/mol. The van der Waals surface area contributed by atoms with Gasteiger partial charge in [0.25, 0.3) is 0 Å². The third-order valence-electron chi connectivity index (χ3n) is 6.66. The number of nitrogens with zero attached hydrogens (tertiary/aromatic N) is 2. The van der Waals surface area contributed by atoms with Crippen molar-refractivity contribution in [2.24, 2.45) is 0 Å². The zero-order valence-electron chi connectivity index (χ0n) is 16.3. The average molecular weight is 356 g/mol. The second-order valence-electron chi connectivity index (χ2n) is 8.30. The standard InChI is InChI=1S/C22H33N3O/c1-16-6-5-9-20-17(2)21(23-22(16)20)15-24-11-12-25(18-7-3-4-8-18)19(14-24)10-13-26/h5-6,9,18-19,23,26H,3-4,7-8,10-15H2,1-2H3. The number of hydrogen-bond donors (Lipinski definition) is 2. The number of aryl methyl sites for hydroxylation is 2. The fourth-order valence-electron chi connectivity index (χ4n) is 5.14. The molecule has 1 atom stereocenters. The maximum absolute atomic E-state index is 9.57. The molecule has 2 fully saturated rings. The SMILES string of the molecule is Cc1c(CN2CCN(C3CCCC3)C(CCO)C2)[nH]c2c(C)cccc12. The molecule has 1 saturated carbocycles. The van der Waals surface area contributed by atoms with Crippen molar-refractivity contribution in [3.8, 4) is 0 Å². The summed E-state index contributed by atoms with van der Waals surface area (Å²) in [5.41, 5.74) is 5.35. The van der Waals surface area contributed by atoms with E-state index in [9.17, 15) is 5.11 Å². The van der Waals surface area contributed by atoms with Crippen molar-refractivity contribution in [1.82, 2.24) is 14.8 Å². The van der Waals surface area contributed by atoms with Crippen LogP contribution in [0, 0.1) is 13.8 Å². The number of aromatic amines is 1. The number of nitrogens with one attached hydrogen (secondary N) is 1. The second kappa shape index (κ2) is 7.71. The van der Waals surface area contributed by atoms with Crippen LogP contribution in [0.4, 0.5) is 0 Å². The lowest BCUT2D eigenvalue weighted by atomic mass is 10.0. The molecule has 142 valence electrons. The number of piperazine rings is 1. The van der Waals surface area contributed by atoms with Crippen molar-refractivity contribution in [3.05, 3.63) is 35.0 Å². The summed E-state index contributed by atoms with van der Waals surface area (Å²) >= 11 is 0. The van der Waals surface area contributed by atoms with E-state index in [1.165, 1.54) is 53.4 Å². The molecule has 0 amide bonds. The first-order valence-corrected chi connectivity index (χ1v) is 10.3. The Morgan fingerprint density at radius 2 is 1.96 bits per heavy atom. The minimum absolute atomic E-state index is 0.298. The van der Waals surface area contributed by atoms with Gasteiger partial charge in [0.15, 0.2) is 0 Å².